The molecule has 0 radical (unpaired) electrons. The van der Waals surface area contributed by atoms with Crippen LogP contribution in [0.3, 0.4) is 0 Å². The summed E-state index contributed by atoms with van der Waals surface area (Å²) in [6.45, 7) is 3.52. The summed E-state index contributed by atoms with van der Waals surface area (Å²) in [5.41, 5.74) is 2.89. The summed E-state index contributed by atoms with van der Waals surface area (Å²) >= 11 is 0. The molecule has 0 bridgehead atoms. The number of benzene rings is 2. The average Bonchev–Trinajstić information content (AvgIpc) is 2.62. The molecule has 0 atom stereocenters. The molecule has 0 heterocycles. The zero-order chi connectivity index (χ0) is 17.9. The molecule has 5 heteroatoms. The van der Waals surface area contributed by atoms with Crippen molar-refractivity contribution in [3.63, 3.8) is 0 Å². The van der Waals surface area contributed by atoms with Gasteiger partial charge in [-0.1, -0.05) is 30.3 Å². The van der Waals surface area contributed by atoms with E-state index in [4.69, 9.17) is 14.2 Å². The smallest absolute Gasteiger partial charge is 0.250 e. The number of amides is 1. The predicted molar refractivity (Wildman–Crippen MR) is 98.1 cm³/mol. The lowest BCUT2D eigenvalue weighted by Crippen LogP contribution is -2.19. The summed E-state index contributed by atoms with van der Waals surface area (Å²) in [5, 5.41) is 2.86. The maximum atomic E-state index is 12.0. The third-order valence-electron chi connectivity index (χ3n) is 3.64. The first-order chi connectivity index (χ1) is 12.2. The number of nitrogens with one attached hydrogen (secondary N) is 1. The van der Waals surface area contributed by atoms with Crippen molar-refractivity contribution in [3.8, 4) is 5.75 Å². The quantitative estimate of drug-likeness (QED) is 0.673. The van der Waals surface area contributed by atoms with E-state index in [2.05, 4.69) is 5.32 Å². The van der Waals surface area contributed by atoms with Crippen molar-refractivity contribution in [1.82, 2.24) is 0 Å². The highest BCUT2D eigenvalue weighted by Gasteiger charge is 2.06. The molecule has 1 amide bonds. The second kappa shape index (κ2) is 10.5. The zero-order valence-electron chi connectivity index (χ0n) is 14.8. The number of hydrogen-bond acceptors (Lipinski definition) is 4. The van der Waals surface area contributed by atoms with Gasteiger partial charge < -0.3 is 19.5 Å². The van der Waals surface area contributed by atoms with Crippen LogP contribution in [-0.2, 0) is 20.7 Å². The number of aryl methyl sites for hydroxylation is 1. The van der Waals surface area contributed by atoms with Crippen LogP contribution in [-0.4, -0.2) is 39.4 Å². The number of hydrogen-bond donors (Lipinski definition) is 1. The minimum Gasteiger partial charge on any atom is -0.491 e. The average molecular weight is 343 g/mol. The molecule has 0 spiro atoms. The van der Waals surface area contributed by atoms with E-state index in [1.165, 1.54) is 5.56 Å². The van der Waals surface area contributed by atoms with Crippen molar-refractivity contribution >= 4 is 11.6 Å². The van der Waals surface area contributed by atoms with Gasteiger partial charge in [0.2, 0.25) is 5.91 Å². The summed E-state index contributed by atoms with van der Waals surface area (Å²) in [6.07, 6.45) is 0.792. The zero-order valence-corrected chi connectivity index (χ0v) is 14.8. The van der Waals surface area contributed by atoms with Gasteiger partial charge in [-0.3, -0.25) is 4.79 Å². The van der Waals surface area contributed by atoms with Crippen LogP contribution in [0.5, 0.6) is 5.75 Å². The van der Waals surface area contributed by atoms with Gasteiger partial charge in [0.05, 0.1) is 13.2 Å². The van der Waals surface area contributed by atoms with E-state index in [-0.39, 0.29) is 12.5 Å². The first-order valence-corrected chi connectivity index (χ1v) is 8.33. The minimum absolute atomic E-state index is 0.0400. The Kier molecular flexibility index (Phi) is 7.95. The van der Waals surface area contributed by atoms with Gasteiger partial charge >= 0.3 is 0 Å². The third-order valence-corrected chi connectivity index (χ3v) is 3.64. The Bertz CT molecular complexity index is 658. The molecule has 0 aromatic heterocycles. The van der Waals surface area contributed by atoms with Crippen LogP contribution in [0.2, 0.25) is 0 Å². The first kappa shape index (κ1) is 19.0. The lowest BCUT2D eigenvalue weighted by atomic mass is 10.2. The summed E-state index contributed by atoms with van der Waals surface area (Å²) in [5.74, 6) is 0.593. The number of methoxy groups -OCH3 is 1. The van der Waals surface area contributed by atoms with Crippen molar-refractivity contribution in [2.75, 3.05) is 38.9 Å². The molecule has 0 unspecified atom stereocenters. The SMILES string of the molecule is COCCOc1ccc(NC(=O)COCCc2ccccc2)c(C)c1. The van der Waals surface area contributed by atoms with Gasteiger partial charge in [-0.2, -0.15) is 0 Å². The van der Waals surface area contributed by atoms with Crippen LogP contribution in [0.15, 0.2) is 48.5 Å². The fourth-order valence-corrected chi connectivity index (χ4v) is 2.29. The molecule has 2 aromatic rings. The molecule has 2 aromatic carbocycles. The van der Waals surface area contributed by atoms with E-state index in [0.29, 0.717) is 19.8 Å². The Hall–Kier alpha value is -2.37. The van der Waals surface area contributed by atoms with Crippen molar-refractivity contribution in [2.24, 2.45) is 0 Å². The van der Waals surface area contributed by atoms with Crippen molar-refractivity contribution in [3.05, 3.63) is 59.7 Å². The van der Waals surface area contributed by atoms with Crippen LogP contribution >= 0.6 is 0 Å². The maximum Gasteiger partial charge on any atom is 0.250 e. The number of carbonyl (C=O) groups is 1. The molecule has 0 aliphatic rings. The Balaban J connectivity index is 1.72. The fourth-order valence-electron chi connectivity index (χ4n) is 2.29. The Morgan fingerprint density at radius 1 is 1.04 bits per heavy atom. The largest absolute Gasteiger partial charge is 0.491 e. The molecule has 0 aliphatic carbocycles. The summed E-state index contributed by atoms with van der Waals surface area (Å²) in [4.78, 5) is 12.0. The lowest BCUT2D eigenvalue weighted by Gasteiger charge is -2.11. The van der Waals surface area contributed by atoms with Crippen LogP contribution in [0.4, 0.5) is 5.69 Å². The van der Waals surface area contributed by atoms with Gasteiger partial charge in [0.1, 0.15) is 19.0 Å². The van der Waals surface area contributed by atoms with E-state index >= 15 is 0 Å². The van der Waals surface area contributed by atoms with Gasteiger partial charge in [-0.05, 0) is 42.7 Å². The van der Waals surface area contributed by atoms with Crippen molar-refractivity contribution < 1.29 is 19.0 Å². The highest BCUT2D eigenvalue weighted by molar-refractivity contribution is 5.92. The second-order valence-electron chi connectivity index (χ2n) is 5.65. The number of carbonyl (C=O) groups excluding carboxylic acids is 1. The first-order valence-electron chi connectivity index (χ1n) is 8.33. The van der Waals surface area contributed by atoms with Gasteiger partial charge in [0.25, 0.3) is 0 Å². The second-order valence-corrected chi connectivity index (χ2v) is 5.65. The number of ether oxygens (including phenoxy) is 3. The molecule has 1 N–H and O–H groups in total. The summed E-state index contributed by atoms with van der Waals surface area (Å²) < 4.78 is 15.9. The van der Waals surface area contributed by atoms with Crippen LogP contribution in [0.25, 0.3) is 0 Å². The van der Waals surface area contributed by atoms with Crippen LogP contribution < -0.4 is 10.1 Å². The Morgan fingerprint density at radius 2 is 1.84 bits per heavy atom. The molecule has 0 fully saturated rings. The van der Waals surface area contributed by atoms with E-state index < -0.39 is 0 Å². The van der Waals surface area contributed by atoms with Crippen LogP contribution in [0.1, 0.15) is 11.1 Å². The van der Waals surface area contributed by atoms with Gasteiger partial charge in [-0.25, -0.2) is 0 Å². The monoisotopic (exact) mass is 343 g/mol. The van der Waals surface area contributed by atoms with E-state index in [0.717, 1.165) is 23.4 Å². The number of rotatable bonds is 10. The van der Waals surface area contributed by atoms with Crippen LogP contribution in [0, 0.1) is 6.92 Å². The molecule has 5 nitrogen and oxygen atoms in total. The fraction of sp³-hybridized carbons (Fsp3) is 0.350. The molecule has 0 saturated carbocycles. The van der Waals surface area contributed by atoms with Crippen molar-refractivity contribution in [1.29, 1.82) is 0 Å². The normalized spacial score (nSPS) is 10.5. The summed E-state index contributed by atoms with van der Waals surface area (Å²) in [7, 11) is 1.63. The topological polar surface area (TPSA) is 56.8 Å². The predicted octanol–water partition coefficient (Wildman–Crippen LogP) is 3.22. The van der Waals surface area contributed by atoms with E-state index in [1.54, 1.807) is 7.11 Å². The molecule has 134 valence electrons. The Morgan fingerprint density at radius 3 is 2.56 bits per heavy atom. The van der Waals surface area contributed by atoms with Gasteiger partial charge in [0.15, 0.2) is 0 Å². The molecule has 25 heavy (non-hydrogen) atoms. The minimum atomic E-state index is -0.163. The van der Waals surface area contributed by atoms with E-state index in [9.17, 15) is 4.79 Å². The highest BCUT2D eigenvalue weighted by Crippen LogP contribution is 2.21. The highest BCUT2D eigenvalue weighted by atomic mass is 16.5. The Labute approximate surface area is 148 Å². The number of anilines is 1. The van der Waals surface area contributed by atoms with Crippen molar-refractivity contribution in [2.45, 2.75) is 13.3 Å². The standard InChI is InChI=1S/C20H25NO4/c1-16-14-18(25-13-12-23-2)8-9-19(16)21-20(22)15-24-11-10-17-6-4-3-5-7-17/h3-9,14H,10-13,15H2,1-2H3,(H,21,22). The molecular weight excluding hydrogens is 318 g/mol. The van der Waals surface area contributed by atoms with E-state index in [1.807, 2.05) is 55.5 Å². The summed E-state index contributed by atoms with van der Waals surface area (Å²) in [6, 6.07) is 15.6. The molecular formula is C20H25NO4. The van der Waals surface area contributed by atoms with Gasteiger partial charge in [-0.15, -0.1) is 0 Å². The molecule has 0 saturated heterocycles. The molecule has 2 rings (SSSR count). The third kappa shape index (κ3) is 6.95. The van der Waals surface area contributed by atoms with Gasteiger partial charge in [0, 0.05) is 12.8 Å². The lowest BCUT2D eigenvalue weighted by molar-refractivity contribution is -0.120. The molecule has 0 aliphatic heterocycles. The maximum absolute atomic E-state index is 12.0.